The molecule has 19 heavy (non-hydrogen) atoms. The van der Waals surface area contributed by atoms with Crippen molar-refractivity contribution in [2.75, 3.05) is 19.8 Å². The average molecular weight is 329 g/mol. The summed E-state index contributed by atoms with van der Waals surface area (Å²) in [7, 11) is 0. The lowest BCUT2D eigenvalue weighted by molar-refractivity contribution is 0.145. The molecule has 0 aliphatic heterocycles. The SMILES string of the molecule is CCOCCCNC(=NCc1cccc(Br)c1)NN. The van der Waals surface area contributed by atoms with Gasteiger partial charge in [0.2, 0.25) is 5.96 Å². The molecule has 0 fully saturated rings. The summed E-state index contributed by atoms with van der Waals surface area (Å²) in [5.41, 5.74) is 3.69. The Morgan fingerprint density at radius 3 is 3.00 bits per heavy atom. The van der Waals surface area contributed by atoms with Crippen LogP contribution in [-0.2, 0) is 11.3 Å². The quantitative estimate of drug-likeness (QED) is 0.234. The zero-order valence-corrected chi connectivity index (χ0v) is 12.7. The first-order chi connectivity index (χ1) is 9.26. The molecule has 0 atom stereocenters. The first kappa shape index (κ1) is 15.9. The number of rotatable bonds is 7. The number of nitrogens with one attached hydrogen (secondary N) is 2. The highest BCUT2D eigenvalue weighted by Crippen LogP contribution is 2.12. The van der Waals surface area contributed by atoms with Gasteiger partial charge in [0.05, 0.1) is 6.54 Å². The van der Waals surface area contributed by atoms with Gasteiger partial charge in [0, 0.05) is 24.2 Å². The lowest BCUT2D eigenvalue weighted by Crippen LogP contribution is -2.42. The molecule has 106 valence electrons. The van der Waals surface area contributed by atoms with Crippen molar-refractivity contribution in [3.63, 3.8) is 0 Å². The van der Waals surface area contributed by atoms with Crippen LogP contribution in [0.25, 0.3) is 0 Å². The van der Waals surface area contributed by atoms with E-state index in [4.69, 9.17) is 10.6 Å². The number of aliphatic imine (C=N–C) groups is 1. The predicted octanol–water partition coefficient (Wildman–Crippen LogP) is 1.78. The monoisotopic (exact) mass is 328 g/mol. The van der Waals surface area contributed by atoms with Gasteiger partial charge < -0.3 is 10.1 Å². The fraction of sp³-hybridized carbons (Fsp3) is 0.462. The van der Waals surface area contributed by atoms with Gasteiger partial charge in [-0.25, -0.2) is 10.8 Å². The number of hydrogen-bond acceptors (Lipinski definition) is 3. The lowest BCUT2D eigenvalue weighted by Gasteiger charge is -2.09. The molecule has 0 spiro atoms. The molecular formula is C13H21BrN4O. The minimum Gasteiger partial charge on any atom is -0.382 e. The van der Waals surface area contributed by atoms with Crippen molar-refractivity contribution < 1.29 is 4.74 Å². The van der Waals surface area contributed by atoms with E-state index < -0.39 is 0 Å². The molecule has 4 N–H and O–H groups in total. The summed E-state index contributed by atoms with van der Waals surface area (Å²) < 4.78 is 6.30. The highest BCUT2D eigenvalue weighted by atomic mass is 79.9. The van der Waals surface area contributed by atoms with Crippen LogP contribution < -0.4 is 16.6 Å². The molecule has 6 heteroatoms. The van der Waals surface area contributed by atoms with Crippen molar-refractivity contribution in [1.82, 2.24) is 10.7 Å². The second kappa shape index (κ2) is 9.77. The van der Waals surface area contributed by atoms with Crippen LogP contribution >= 0.6 is 15.9 Å². The molecule has 0 amide bonds. The summed E-state index contributed by atoms with van der Waals surface area (Å²) in [5, 5.41) is 3.14. The molecule has 0 aromatic heterocycles. The van der Waals surface area contributed by atoms with Crippen LogP contribution in [0.1, 0.15) is 18.9 Å². The zero-order valence-electron chi connectivity index (χ0n) is 11.2. The Morgan fingerprint density at radius 2 is 2.32 bits per heavy atom. The number of ether oxygens (including phenoxy) is 1. The first-order valence-electron chi connectivity index (χ1n) is 6.33. The molecule has 1 aromatic carbocycles. The molecule has 0 unspecified atom stereocenters. The molecule has 0 aliphatic carbocycles. The molecule has 0 saturated carbocycles. The zero-order chi connectivity index (χ0) is 13.9. The second-order valence-electron chi connectivity index (χ2n) is 3.92. The van der Waals surface area contributed by atoms with E-state index in [0.29, 0.717) is 12.5 Å². The third kappa shape index (κ3) is 7.15. The Labute approximate surface area is 122 Å². The van der Waals surface area contributed by atoms with E-state index in [9.17, 15) is 0 Å². The second-order valence-corrected chi connectivity index (χ2v) is 4.83. The summed E-state index contributed by atoms with van der Waals surface area (Å²) in [6, 6.07) is 8.03. The van der Waals surface area contributed by atoms with Crippen molar-refractivity contribution in [2.24, 2.45) is 10.8 Å². The summed E-state index contributed by atoms with van der Waals surface area (Å²) >= 11 is 3.43. The number of nitrogens with zero attached hydrogens (tertiary/aromatic N) is 1. The smallest absolute Gasteiger partial charge is 0.206 e. The maximum absolute atomic E-state index is 5.42. The standard InChI is InChI=1S/C13H21BrN4O/c1-2-19-8-4-7-16-13(18-15)17-10-11-5-3-6-12(14)9-11/h3,5-6,9H,2,4,7-8,10,15H2,1H3,(H2,16,17,18). The normalized spacial score (nSPS) is 11.4. The Hall–Kier alpha value is -1.11. The number of hydrogen-bond donors (Lipinski definition) is 3. The number of benzene rings is 1. The van der Waals surface area contributed by atoms with Gasteiger partial charge in [-0.3, -0.25) is 5.43 Å². The maximum Gasteiger partial charge on any atom is 0.206 e. The molecule has 0 bridgehead atoms. The molecule has 0 saturated heterocycles. The van der Waals surface area contributed by atoms with Gasteiger partial charge in [-0.15, -0.1) is 0 Å². The third-order valence-corrected chi connectivity index (χ3v) is 2.90. The van der Waals surface area contributed by atoms with E-state index in [1.54, 1.807) is 0 Å². The summed E-state index contributed by atoms with van der Waals surface area (Å²) in [4.78, 5) is 4.38. The van der Waals surface area contributed by atoms with Crippen LogP contribution in [0.2, 0.25) is 0 Å². The van der Waals surface area contributed by atoms with Gasteiger partial charge in [0.1, 0.15) is 0 Å². The van der Waals surface area contributed by atoms with Crippen LogP contribution in [0.15, 0.2) is 33.7 Å². The summed E-state index contributed by atoms with van der Waals surface area (Å²) in [6.07, 6.45) is 0.922. The summed E-state index contributed by atoms with van der Waals surface area (Å²) in [6.45, 7) is 4.84. The van der Waals surface area contributed by atoms with Crippen molar-refractivity contribution in [3.05, 3.63) is 34.3 Å². The van der Waals surface area contributed by atoms with Crippen molar-refractivity contribution in [1.29, 1.82) is 0 Å². The average Bonchev–Trinajstić information content (AvgIpc) is 2.42. The highest BCUT2D eigenvalue weighted by Gasteiger charge is 1.97. The third-order valence-electron chi connectivity index (χ3n) is 2.41. The van der Waals surface area contributed by atoms with Crippen LogP contribution in [0.3, 0.4) is 0 Å². The van der Waals surface area contributed by atoms with E-state index in [-0.39, 0.29) is 0 Å². The van der Waals surface area contributed by atoms with Crippen LogP contribution in [0, 0.1) is 0 Å². The Balaban J connectivity index is 2.35. The maximum atomic E-state index is 5.42. The van der Waals surface area contributed by atoms with Crippen LogP contribution in [-0.4, -0.2) is 25.7 Å². The van der Waals surface area contributed by atoms with E-state index >= 15 is 0 Å². The van der Waals surface area contributed by atoms with Gasteiger partial charge in [0.25, 0.3) is 0 Å². The van der Waals surface area contributed by atoms with Crippen molar-refractivity contribution >= 4 is 21.9 Å². The van der Waals surface area contributed by atoms with E-state index in [1.807, 2.05) is 31.2 Å². The first-order valence-corrected chi connectivity index (χ1v) is 7.12. The number of nitrogens with two attached hydrogens (primary N) is 1. The van der Waals surface area contributed by atoms with Crippen molar-refractivity contribution in [2.45, 2.75) is 19.9 Å². The van der Waals surface area contributed by atoms with Gasteiger partial charge in [-0.1, -0.05) is 28.1 Å². The van der Waals surface area contributed by atoms with E-state index in [1.165, 1.54) is 0 Å². The minimum absolute atomic E-state index is 0.581. The molecule has 5 nitrogen and oxygen atoms in total. The molecule has 0 radical (unpaired) electrons. The highest BCUT2D eigenvalue weighted by molar-refractivity contribution is 9.10. The molecule has 0 aliphatic rings. The Kier molecular flexibility index (Phi) is 8.20. The Morgan fingerprint density at radius 1 is 1.47 bits per heavy atom. The topological polar surface area (TPSA) is 71.7 Å². The minimum atomic E-state index is 0.581. The molecule has 1 aromatic rings. The van der Waals surface area contributed by atoms with Gasteiger partial charge in [-0.05, 0) is 31.0 Å². The summed E-state index contributed by atoms with van der Waals surface area (Å²) in [5.74, 6) is 6.02. The van der Waals surface area contributed by atoms with Gasteiger partial charge >= 0.3 is 0 Å². The van der Waals surface area contributed by atoms with Gasteiger partial charge in [0.15, 0.2) is 0 Å². The van der Waals surface area contributed by atoms with Gasteiger partial charge in [-0.2, -0.15) is 0 Å². The van der Waals surface area contributed by atoms with E-state index in [2.05, 4.69) is 31.7 Å². The molecular weight excluding hydrogens is 308 g/mol. The number of guanidine groups is 1. The number of halogens is 1. The lowest BCUT2D eigenvalue weighted by atomic mass is 10.2. The Bertz CT molecular complexity index is 398. The fourth-order valence-corrected chi connectivity index (χ4v) is 1.93. The van der Waals surface area contributed by atoms with Crippen LogP contribution in [0.5, 0.6) is 0 Å². The molecule has 0 heterocycles. The largest absolute Gasteiger partial charge is 0.382 e. The predicted molar refractivity (Wildman–Crippen MR) is 81.7 cm³/mol. The number of hydrazine groups is 1. The van der Waals surface area contributed by atoms with Crippen LogP contribution in [0.4, 0.5) is 0 Å². The van der Waals surface area contributed by atoms with Crippen molar-refractivity contribution in [3.8, 4) is 0 Å². The fourth-order valence-electron chi connectivity index (χ4n) is 1.48. The van der Waals surface area contributed by atoms with E-state index in [0.717, 1.165) is 36.2 Å². The molecule has 1 rings (SSSR count).